The number of hydrogen-bond donors (Lipinski definition) is 1. The third-order valence-corrected chi connectivity index (χ3v) is 5.07. The van der Waals surface area contributed by atoms with Crippen LogP contribution in [0, 0.1) is 0 Å². The molecule has 0 bridgehead atoms. The minimum absolute atomic E-state index is 0.0881. The van der Waals surface area contributed by atoms with Crippen molar-refractivity contribution in [1.29, 1.82) is 0 Å². The summed E-state index contributed by atoms with van der Waals surface area (Å²) in [6.45, 7) is 16.0. The lowest BCUT2D eigenvalue weighted by atomic mass is 9.86. The van der Waals surface area contributed by atoms with E-state index in [0.29, 0.717) is 17.0 Å². The van der Waals surface area contributed by atoms with Gasteiger partial charge >= 0.3 is 5.97 Å². The fourth-order valence-electron chi connectivity index (χ4n) is 3.41. The van der Waals surface area contributed by atoms with Crippen molar-refractivity contribution in [2.75, 3.05) is 13.2 Å². The standard InChI is InChI=1S/C25H31N3O4/c1-8-21(29)32-13-12-31-16-14-18(25(5,6)7)23(30)20(15-16)28-26-19-11-9-10-17(22(19)27-28)24(2,3)4/h8-11,14-15,30H,1,12-13H2,2-7H3. The van der Waals surface area contributed by atoms with Crippen molar-refractivity contribution in [3.63, 3.8) is 0 Å². The lowest BCUT2D eigenvalue weighted by Gasteiger charge is -2.23. The molecule has 0 radical (unpaired) electrons. The predicted molar refractivity (Wildman–Crippen MR) is 125 cm³/mol. The molecule has 1 N–H and O–H groups in total. The summed E-state index contributed by atoms with van der Waals surface area (Å²) in [5, 5.41) is 20.4. The first-order valence-corrected chi connectivity index (χ1v) is 10.6. The van der Waals surface area contributed by atoms with Crippen molar-refractivity contribution in [2.45, 2.75) is 52.4 Å². The molecule has 0 amide bonds. The molecule has 3 rings (SSSR count). The molecular formula is C25H31N3O4. The van der Waals surface area contributed by atoms with Crippen molar-refractivity contribution in [3.8, 4) is 17.2 Å². The molecule has 0 unspecified atom stereocenters. The van der Waals surface area contributed by atoms with Crippen molar-refractivity contribution < 1.29 is 19.4 Å². The Morgan fingerprint density at radius 2 is 1.75 bits per heavy atom. The largest absolute Gasteiger partial charge is 0.505 e. The van der Waals surface area contributed by atoms with Crippen LogP contribution in [0.1, 0.15) is 52.7 Å². The van der Waals surface area contributed by atoms with E-state index in [-0.39, 0.29) is 29.8 Å². The van der Waals surface area contributed by atoms with Crippen LogP contribution >= 0.6 is 0 Å². The number of nitrogens with zero attached hydrogens (tertiary/aromatic N) is 3. The number of aromatic hydroxyl groups is 1. The highest BCUT2D eigenvalue weighted by atomic mass is 16.6. The van der Waals surface area contributed by atoms with Crippen LogP contribution in [0.2, 0.25) is 0 Å². The summed E-state index contributed by atoms with van der Waals surface area (Å²) < 4.78 is 10.8. The van der Waals surface area contributed by atoms with Gasteiger partial charge in [-0.1, -0.05) is 60.3 Å². The molecule has 0 spiro atoms. The van der Waals surface area contributed by atoms with Gasteiger partial charge in [0.15, 0.2) is 0 Å². The Morgan fingerprint density at radius 3 is 2.38 bits per heavy atom. The smallest absolute Gasteiger partial charge is 0.330 e. The number of phenols is 1. The highest BCUT2D eigenvalue weighted by Crippen LogP contribution is 2.39. The molecule has 1 heterocycles. The second kappa shape index (κ2) is 8.65. The molecule has 170 valence electrons. The minimum atomic E-state index is -0.502. The van der Waals surface area contributed by atoms with Crippen molar-refractivity contribution in [2.24, 2.45) is 0 Å². The second-order valence-electron chi connectivity index (χ2n) is 9.72. The first-order valence-electron chi connectivity index (χ1n) is 10.6. The monoisotopic (exact) mass is 437 g/mol. The number of carbonyl (C=O) groups is 1. The maximum absolute atomic E-state index is 11.2. The van der Waals surface area contributed by atoms with Gasteiger partial charge in [-0.15, -0.1) is 15.0 Å². The molecule has 7 nitrogen and oxygen atoms in total. The molecule has 7 heteroatoms. The lowest BCUT2D eigenvalue weighted by molar-refractivity contribution is -0.138. The van der Waals surface area contributed by atoms with E-state index in [9.17, 15) is 9.90 Å². The fourth-order valence-corrected chi connectivity index (χ4v) is 3.41. The second-order valence-corrected chi connectivity index (χ2v) is 9.72. The summed E-state index contributed by atoms with van der Waals surface area (Å²) in [6.07, 6.45) is 1.11. The zero-order chi connectivity index (χ0) is 23.7. The summed E-state index contributed by atoms with van der Waals surface area (Å²) in [5.74, 6) is 0.118. The van der Waals surface area contributed by atoms with E-state index in [0.717, 1.165) is 22.7 Å². The molecule has 0 aliphatic rings. The third-order valence-electron chi connectivity index (χ3n) is 5.07. The molecule has 1 aromatic heterocycles. The van der Waals surface area contributed by atoms with Gasteiger partial charge in [0, 0.05) is 17.7 Å². The zero-order valence-electron chi connectivity index (χ0n) is 19.6. The van der Waals surface area contributed by atoms with Crippen LogP contribution in [-0.2, 0) is 20.4 Å². The maximum atomic E-state index is 11.2. The van der Waals surface area contributed by atoms with E-state index in [2.05, 4.69) is 32.4 Å². The number of fused-ring (bicyclic) bond motifs is 1. The van der Waals surface area contributed by atoms with Gasteiger partial charge in [-0.05, 0) is 28.5 Å². The van der Waals surface area contributed by atoms with Crippen LogP contribution in [0.25, 0.3) is 16.7 Å². The number of hydrogen-bond acceptors (Lipinski definition) is 6. The fraction of sp³-hybridized carbons (Fsp3) is 0.400. The molecule has 0 atom stereocenters. The Hall–Kier alpha value is -3.35. The minimum Gasteiger partial charge on any atom is -0.505 e. The van der Waals surface area contributed by atoms with Crippen LogP contribution < -0.4 is 4.74 Å². The average Bonchev–Trinajstić information content (AvgIpc) is 3.14. The van der Waals surface area contributed by atoms with Crippen LogP contribution in [0.3, 0.4) is 0 Å². The highest BCUT2D eigenvalue weighted by Gasteiger charge is 2.25. The Balaban J connectivity index is 2.05. The Morgan fingerprint density at radius 1 is 1.06 bits per heavy atom. The number of rotatable bonds is 6. The number of benzene rings is 2. The molecule has 0 fully saturated rings. The van der Waals surface area contributed by atoms with Crippen LogP contribution in [0.4, 0.5) is 0 Å². The number of carbonyl (C=O) groups excluding carboxylic acids is 1. The molecule has 0 saturated heterocycles. The van der Waals surface area contributed by atoms with Gasteiger partial charge in [0.2, 0.25) is 0 Å². The van der Waals surface area contributed by atoms with E-state index in [1.54, 1.807) is 12.1 Å². The molecule has 3 aromatic rings. The first-order chi connectivity index (χ1) is 14.9. The van der Waals surface area contributed by atoms with Gasteiger partial charge in [0.1, 0.15) is 41.4 Å². The van der Waals surface area contributed by atoms with Gasteiger partial charge in [0.25, 0.3) is 0 Å². The quantitative estimate of drug-likeness (QED) is 0.338. The van der Waals surface area contributed by atoms with Crippen LogP contribution in [0.5, 0.6) is 11.5 Å². The van der Waals surface area contributed by atoms with Gasteiger partial charge in [-0.2, -0.15) is 0 Å². The molecular weight excluding hydrogens is 406 g/mol. The number of esters is 1. The maximum Gasteiger partial charge on any atom is 0.330 e. The number of ether oxygens (including phenoxy) is 2. The van der Waals surface area contributed by atoms with Gasteiger partial charge in [-0.25, -0.2) is 4.79 Å². The topological polar surface area (TPSA) is 86.5 Å². The van der Waals surface area contributed by atoms with Crippen molar-refractivity contribution in [3.05, 3.63) is 54.1 Å². The SMILES string of the molecule is C=CC(=O)OCCOc1cc(-n2nc3cccc(C(C)(C)C)c3n2)c(O)c(C(C)(C)C)c1. The normalized spacial score (nSPS) is 12.1. The summed E-state index contributed by atoms with van der Waals surface area (Å²) >= 11 is 0. The Bertz CT molecular complexity index is 1150. The summed E-state index contributed by atoms with van der Waals surface area (Å²) in [4.78, 5) is 12.7. The van der Waals surface area contributed by atoms with Gasteiger partial charge in [-0.3, -0.25) is 0 Å². The van der Waals surface area contributed by atoms with Crippen molar-refractivity contribution in [1.82, 2.24) is 15.0 Å². The summed E-state index contributed by atoms with van der Waals surface area (Å²) in [7, 11) is 0. The highest BCUT2D eigenvalue weighted by molar-refractivity contribution is 5.81. The zero-order valence-corrected chi connectivity index (χ0v) is 19.6. The van der Waals surface area contributed by atoms with E-state index in [1.165, 1.54) is 4.80 Å². The van der Waals surface area contributed by atoms with E-state index < -0.39 is 5.97 Å². The first kappa shape index (κ1) is 23.3. The molecule has 2 aromatic carbocycles. The van der Waals surface area contributed by atoms with Gasteiger partial charge < -0.3 is 14.6 Å². The molecule has 0 saturated carbocycles. The van der Waals surface area contributed by atoms with Crippen LogP contribution in [-0.4, -0.2) is 39.3 Å². The lowest BCUT2D eigenvalue weighted by Crippen LogP contribution is -2.15. The Kier molecular flexibility index (Phi) is 6.30. The summed E-state index contributed by atoms with van der Waals surface area (Å²) in [6, 6.07) is 9.40. The van der Waals surface area contributed by atoms with E-state index in [4.69, 9.17) is 14.6 Å². The Labute approximate surface area is 188 Å². The predicted octanol–water partition coefficient (Wildman–Crippen LogP) is 4.83. The molecule has 0 aliphatic carbocycles. The molecule has 0 aliphatic heterocycles. The number of aromatic nitrogens is 3. The summed E-state index contributed by atoms with van der Waals surface area (Å²) in [5.41, 5.74) is 3.28. The number of phenolic OH excluding ortho intramolecular Hbond substituents is 1. The third kappa shape index (κ3) is 4.93. The van der Waals surface area contributed by atoms with Gasteiger partial charge in [0.05, 0.1) is 0 Å². The van der Waals surface area contributed by atoms with E-state index >= 15 is 0 Å². The van der Waals surface area contributed by atoms with Crippen molar-refractivity contribution >= 4 is 17.0 Å². The molecule has 32 heavy (non-hydrogen) atoms. The van der Waals surface area contributed by atoms with Crippen LogP contribution in [0.15, 0.2) is 43.0 Å². The average molecular weight is 438 g/mol. The van der Waals surface area contributed by atoms with E-state index in [1.807, 2.05) is 39.0 Å².